The van der Waals surface area contributed by atoms with E-state index in [4.69, 9.17) is 5.10 Å². The van der Waals surface area contributed by atoms with Gasteiger partial charge in [0.15, 0.2) is 0 Å². The Labute approximate surface area is 190 Å². The van der Waals surface area contributed by atoms with Crippen LogP contribution in [0.4, 0.5) is 5.69 Å². The van der Waals surface area contributed by atoms with Crippen molar-refractivity contribution in [2.45, 2.75) is 13.1 Å². The lowest BCUT2D eigenvalue weighted by Crippen LogP contribution is -2.20. The van der Waals surface area contributed by atoms with E-state index in [0.717, 1.165) is 27.9 Å². The van der Waals surface area contributed by atoms with Gasteiger partial charge < -0.3 is 5.32 Å². The maximum absolute atomic E-state index is 12.4. The Balaban J connectivity index is 1.48. The van der Waals surface area contributed by atoms with Crippen molar-refractivity contribution >= 4 is 17.7 Å². The van der Waals surface area contributed by atoms with Crippen molar-refractivity contribution in [1.82, 2.24) is 20.1 Å². The summed E-state index contributed by atoms with van der Waals surface area (Å²) in [5, 5.41) is 18.2. The van der Waals surface area contributed by atoms with Gasteiger partial charge in [0.25, 0.3) is 5.69 Å². The number of amides is 1. The van der Waals surface area contributed by atoms with E-state index in [0.29, 0.717) is 6.54 Å². The van der Waals surface area contributed by atoms with Gasteiger partial charge in [-0.15, -0.1) is 0 Å². The smallest absolute Gasteiger partial charge is 0.269 e. The lowest BCUT2D eigenvalue weighted by atomic mass is 10.1. The minimum absolute atomic E-state index is 0.0143. The molecule has 0 aliphatic rings. The van der Waals surface area contributed by atoms with Crippen LogP contribution in [0, 0.1) is 10.1 Å². The Kier molecular flexibility index (Phi) is 6.65. The van der Waals surface area contributed by atoms with E-state index in [1.807, 2.05) is 53.3 Å². The number of non-ortho nitro benzene ring substituents is 1. The third kappa shape index (κ3) is 5.76. The fourth-order valence-electron chi connectivity index (χ4n) is 3.29. The predicted octanol–water partition coefficient (Wildman–Crippen LogP) is 4.23. The van der Waals surface area contributed by atoms with Gasteiger partial charge in [-0.3, -0.25) is 24.6 Å². The molecule has 0 aliphatic heterocycles. The molecule has 2 heterocycles. The van der Waals surface area contributed by atoms with Crippen molar-refractivity contribution in [2.24, 2.45) is 0 Å². The average Bonchev–Trinajstić information content (AvgIpc) is 3.25. The summed E-state index contributed by atoms with van der Waals surface area (Å²) in [6, 6.07) is 19.8. The number of benzene rings is 2. The van der Waals surface area contributed by atoms with Crippen molar-refractivity contribution in [2.75, 3.05) is 0 Å². The molecule has 0 bridgehead atoms. The van der Waals surface area contributed by atoms with Gasteiger partial charge in [-0.2, -0.15) is 5.10 Å². The highest BCUT2D eigenvalue weighted by atomic mass is 16.6. The fraction of sp³-hybridized carbons (Fsp3) is 0.0800. The lowest BCUT2D eigenvalue weighted by Gasteiger charge is -2.02. The first-order valence-electron chi connectivity index (χ1n) is 10.3. The molecule has 0 atom stereocenters. The number of aromatic nitrogens is 3. The van der Waals surface area contributed by atoms with Gasteiger partial charge in [0.05, 0.1) is 11.5 Å². The minimum Gasteiger partial charge on any atom is -0.348 e. The van der Waals surface area contributed by atoms with E-state index in [-0.39, 0.29) is 18.1 Å². The van der Waals surface area contributed by atoms with Gasteiger partial charge in [0.1, 0.15) is 5.69 Å². The van der Waals surface area contributed by atoms with Gasteiger partial charge in [0.2, 0.25) is 5.91 Å². The third-order valence-corrected chi connectivity index (χ3v) is 4.94. The van der Waals surface area contributed by atoms with E-state index in [1.165, 1.54) is 18.2 Å². The largest absolute Gasteiger partial charge is 0.348 e. The topological polar surface area (TPSA) is 103 Å². The van der Waals surface area contributed by atoms with Crippen LogP contribution >= 0.6 is 0 Å². The molecule has 2 aromatic carbocycles. The molecule has 0 unspecified atom stereocenters. The Morgan fingerprint density at radius 3 is 2.52 bits per heavy atom. The normalized spacial score (nSPS) is 10.9. The number of nitro benzene ring substituents is 1. The quantitative estimate of drug-likeness (QED) is 0.251. The number of nitro groups is 1. The number of rotatable bonds is 8. The first-order chi connectivity index (χ1) is 16.1. The number of hydrogen-bond acceptors (Lipinski definition) is 5. The Morgan fingerprint density at radius 1 is 1.03 bits per heavy atom. The number of nitrogens with one attached hydrogen (secondary N) is 1. The van der Waals surface area contributed by atoms with Crippen molar-refractivity contribution in [3.63, 3.8) is 0 Å². The summed E-state index contributed by atoms with van der Waals surface area (Å²) in [6.07, 6.45) is 8.51. The summed E-state index contributed by atoms with van der Waals surface area (Å²) in [6.45, 7) is 0.873. The highest BCUT2D eigenvalue weighted by Gasteiger charge is 2.11. The van der Waals surface area contributed by atoms with Crippen LogP contribution in [0.2, 0.25) is 0 Å². The lowest BCUT2D eigenvalue weighted by molar-refractivity contribution is -0.384. The van der Waals surface area contributed by atoms with Crippen molar-refractivity contribution < 1.29 is 9.72 Å². The molecule has 0 aliphatic carbocycles. The predicted molar refractivity (Wildman–Crippen MR) is 125 cm³/mol. The van der Waals surface area contributed by atoms with Gasteiger partial charge in [0, 0.05) is 54.5 Å². The molecule has 0 saturated heterocycles. The minimum atomic E-state index is -0.455. The average molecular weight is 439 g/mol. The first kappa shape index (κ1) is 21.6. The standard InChI is InChI=1S/C25H21N5O3/c31-24(27-15-19-8-11-23(12-9-19)30(32)33)13-10-22-18-29(17-20-5-2-1-3-6-20)28-25(22)21-7-4-14-26-16-21/h1-14,16,18H,15,17H2,(H,27,31)/b13-10+. The molecule has 0 saturated carbocycles. The molecule has 0 spiro atoms. The Morgan fingerprint density at radius 2 is 1.82 bits per heavy atom. The molecular weight excluding hydrogens is 418 g/mol. The molecule has 0 fully saturated rings. The molecule has 8 nitrogen and oxygen atoms in total. The first-order valence-corrected chi connectivity index (χ1v) is 10.3. The fourth-order valence-corrected chi connectivity index (χ4v) is 3.29. The summed E-state index contributed by atoms with van der Waals surface area (Å²) in [5.74, 6) is -0.277. The molecule has 1 N–H and O–H groups in total. The molecule has 8 heteroatoms. The van der Waals surface area contributed by atoms with E-state index >= 15 is 0 Å². The molecule has 4 rings (SSSR count). The SMILES string of the molecule is O=C(/C=C/c1cn(Cc2ccccc2)nc1-c1cccnc1)NCc1ccc([N+](=O)[O-])cc1. The maximum atomic E-state index is 12.4. The second kappa shape index (κ2) is 10.1. The van der Waals surface area contributed by atoms with Crippen molar-refractivity contribution in [1.29, 1.82) is 0 Å². The second-order valence-electron chi connectivity index (χ2n) is 7.33. The van der Waals surface area contributed by atoms with Gasteiger partial charge in [-0.25, -0.2) is 0 Å². The van der Waals surface area contributed by atoms with Gasteiger partial charge >= 0.3 is 0 Å². The van der Waals surface area contributed by atoms with E-state index in [1.54, 1.807) is 30.6 Å². The molecule has 0 radical (unpaired) electrons. The molecule has 2 aromatic heterocycles. The third-order valence-electron chi connectivity index (χ3n) is 4.94. The molecule has 164 valence electrons. The summed E-state index contributed by atoms with van der Waals surface area (Å²) < 4.78 is 1.84. The van der Waals surface area contributed by atoms with Crippen molar-refractivity contribution in [3.05, 3.63) is 118 Å². The van der Waals surface area contributed by atoms with Crippen LogP contribution in [0.1, 0.15) is 16.7 Å². The van der Waals surface area contributed by atoms with Gasteiger partial charge in [-0.1, -0.05) is 42.5 Å². The van der Waals surface area contributed by atoms with Crippen LogP contribution in [-0.4, -0.2) is 25.6 Å². The molecular formula is C25H21N5O3. The number of nitrogens with zero attached hydrogens (tertiary/aromatic N) is 4. The highest BCUT2D eigenvalue weighted by Crippen LogP contribution is 2.23. The molecule has 33 heavy (non-hydrogen) atoms. The van der Waals surface area contributed by atoms with Crippen LogP contribution in [0.3, 0.4) is 0 Å². The van der Waals surface area contributed by atoms with E-state index in [2.05, 4.69) is 10.3 Å². The number of carbonyl (C=O) groups excluding carboxylic acids is 1. The Hall–Kier alpha value is -4.59. The van der Waals surface area contributed by atoms with Crippen LogP contribution in [0.15, 0.2) is 91.4 Å². The number of carbonyl (C=O) groups is 1. The van der Waals surface area contributed by atoms with Crippen LogP contribution in [0.25, 0.3) is 17.3 Å². The molecule has 1 amide bonds. The summed E-state index contributed by atoms with van der Waals surface area (Å²) in [7, 11) is 0. The summed E-state index contributed by atoms with van der Waals surface area (Å²) >= 11 is 0. The van der Waals surface area contributed by atoms with Crippen LogP contribution in [-0.2, 0) is 17.9 Å². The number of hydrogen-bond donors (Lipinski definition) is 1. The molecule has 4 aromatic rings. The van der Waals surface area contributed by atoms with Crippen LogP contribution in [0.5, 0.6) is 0 Å². The van der Waals surface area contributed by atoms with Crippen LogP contribution < -0.4 is 5.32 Å². The summed E-state index contributed by atoms with van der Waals surface area (Å²) in [5.41, 5.74) is 4.29. The van der Waals surface area contributed by atoms with Gasteiger partial charge in [-0.05, 0) is 29.3 Å². The second-order valence-corrected chi connectivity index (χ2v) is 7.33. The zero-order chi connectivity index (χ0) is 23.0. The van der Waals surface area contributed by atoms with Crippen molar-refractivity contribution in [3.8, 4) is 11.3 Å². The highest BCUT2D eigenvalue weighted by molar-refractivity contribution is 5.92. The van der Waals surface area contributed by atoms with E-state index in [9.17, 15) is 14.9 Å². The summed E-state index contributed by atoms with van der Waals surface area (Å²) in [4.78, 5) is 26.8. The van der Waals surface area contributed by atoms with E-state index < -0.39 is 4.92 Å². The number of pyridine rings is 1. The monoisotopic (exact) mass is 439 g/mol. The maximum Gasteiger partial charge on any atom is 0.269 e. The Bertz CT molecular complexity index is 1270. The zero-order valence-electron chi connectivity index (χ0n) is 17.7. The zero-order valence-corrected chi connectivity index (χ0v) is 17.7.